The first-order valence-electron chi connectivity index (χ1n) is 9.60. The van der Waals surface area contributed by atoms with E-state index in [-0.39, 0.29) is 36.2 Å². The molecule has 1 aromatic heterocycles. The van der Waals surface area contributed by atoms with Crippen LogP contribution in [0.1, 0.15) is 25.7 Å². The molecule has 1 saturated carbocycles. The van der Waals surface area contributed by atoms with Crippen LogP contribution in [0.25, 0.3) is 5.69 Å². The van der Waals surface area contributed by atoms with E-state index in [1.54, 1.807) is 30.5 Å². The lowest BCUT2D eigenvalue weighted by Gasteiger charge is -2.38. The lowest BCUT2D eigenvalue weighted by Crippen LogP contribution is -2.49. The highest BCUT2D eigenvalue weighted by molar-refractivity contribution is 5.91. The van der Waals surface area contributed by atoms with E-state index in [0.29, 0.717) is 24.7 Å². The van der Waals surface area contributed by atoms with Crippen LogP contribution in [0.5, 0.6) is 0 Å². The van der Waals surface area contributed by atoms with E-state index in [9.17, 15) is 14.0 Å². The van der Waals surface area contributed by atoms with Crippen molar-refractivity contribution in [1.29, 1.82) is 0 Å². The molecule has 2 amide bonds. The van der Waals surface area contributed by atoms with Crippen molar-refractivity contribution < 1.29 is 18.7 Å². The number of para-hydroxylation sites is 1. The standard InChI is InChI=1S/C20H23FN4O3/c21-16-3-1-2-4-17(16)25-10-9-18(23-25)22-20(27)14-5-7-15(8-6-14)24-11-12-28-13-19(24)26/h1-4,9-10,14-15H,5-8,11-13H2,(H,22,23,27). The van der Waals surface area contributed by atoms with Crippen LogP contribution in [0, 0.1) is 11.7 Å². The Morgan fingerprint density at radius 3 is 2.71 bits per heavy atom. The van der Waals surface area contributed by atoms with Gasteiger partial charge in [0, 0.05) is 30.8 Å². The molecule has 0 spiro atoms. The maximum atomic E-state index is 13.9. The fourth-order valence-electron chi connectivity index (χ4n) is 3.96. The minimum atomic E-state index is -0.376. The van der Waals surface area contributed by atoms with Crippen LogP contribution >= 0.6 is 0 Å². The Labute approximate surface area is 162 Å². The number of aromatic nitrogens is 2. The van der Waals surface area contributed by atoms with Crippen LogP contribution in [0.15, 0.2) is 36.5 Å². The third-order valence-electron chi connectivity index (χ3n) is 5.47. The smallest absolute Gasteiger partial charge is 0.248 e. The third-order valence-corrected chi connectivity index (χ3v) is 5.47. The maximum Gasteiger partial charge on any atom is 0.248 e. The summed E-state index contributed by atoms with van der Waals surface area (Å²) in [5, 5.41) is 7.08. The first-order valence-corrected chi connectivity index (χ1v) is 9.60. The largest absolute Gasteiger partial charge is 0.370 e. The number of amides is 2. The molecule has 0 radical (unpaired) electrons. The Hall–Kier alpha value is -2.74. The SMILES string of the molecule is O=C(Nc1ccn(-c2ccccc2F)n1)C1CCC(N2CCOCC2=O)CC1. The molecule has 4 rings (SSSR count). The zero-order valence-electron chi connectivity index (χ0n) is 15.5. The van der Waals surface area contributed by atoms with E-state index in [4.69, 9.17) is 4.74 Å². The van der Waals surface area contributed by atoms with Gasteiger partial charge in [-0.05, 0) is 37.8 Å². The molecule has 28 heavy (non-hydrogen) atoms. The van der Waals surface area contributed by atoms with Gasteiger partial charge < -0.3 is 15.0 Å². The molecule has 0 bridgehead atoms. The second-order valence-corrected chi connectivity index (χ2v) is 7.23. The number of nitrogens with one attached hydrogen (secondary N) is 1. The van der Waals surface area contributed by atoms with Crippen LogP contribution in [0.4, 0.5) is 10.2 Å². The van der Waals surface area contributed by atoms with Crippen molar-refractivity contribution in [2.45, 2.75) is 31.7 Å². The van der Waals surface area contributed by atoms with Gasteiger partial charge in [-0.25, -0.2) is 9.07 Å². The van der Waals surface area contributed by atoms with E-state index in [1.807, 2.05) is 4.90 Å². The van der Waals surface area contributed by atoms with Crippen LogP contribution in [-0.2, 0) is 14.3 Å². The van der Waals surface area contributed by atoms with E-state index in [0.717, 1.165) is 25.7 Å². The van der Waals surface area contributed by atoms with Crippen LogP contribution in [-0.4, -0.2) is 52.3 Å². The number of carbonyl (C=O) groups is 2. The summed E-state index contributed by atoms with van der Waals surface area (Å²) in [5.41, 5.74) is 0.332. The molecule has 1 N–H and O–H groups in total. The molecule has 2 aromatic rings. The van der Waals surface area contributed by atoms with Gasteiger partial charge in [-0.3, -0.25) is 9.59 Å². The summed E-state index contributed by atoms with van der Waals surface area (Å²) in [6.07, 6.45) is 4.71. The van der Waals surface area contributed by atoms with Crippen molar-refractivity contribution in [3.63, 3.8) is 0 Å². The number of hydrogen-bond acceptors (Lipinski definition) is 4. The number of morpholine rings is 1. The normalized spacial score (nSPS) is 22.9. The van der Waals surface area contributed by atoms with Gasteiger partial charge in [0.2, 0.25) is 11.8 Å². The molecule has 1 aromatic carbocycles. The lowest BCUT2D eigenvalue weighted by molar-refractivity contribution is -0.146. The van der Waals surface area contributed by atoms with Gasteiger partial charge in [-0.15, -0.1) is 5.10 Å². The number of benzene rings is 1. The minimum absolute atomic E-state index is 0.0397. The molecule has 2 heterocycles. The summed E-state index contributed by atoms with van der Waals surface area (Å²) in [5.74, 6) is -0.118. The molecule has 7 nitrogen and oxygen atoms in total. The van der Waals surface area contributed by atoms with Gasteiger partial charge in [-0.1, -0.05) is 12.1 Å². The lowest BCUT2D eigenvalue weighted by atomic mass is 9.84. The molecular weight excluding hydrogens is 363 g/mol. The zero-order chi connectivity index (χ0) is 19.5. The third kappa shape index (κ3) is 3.91. The van der Waals surface area contributed by atoms with Gasteiger partial charge in [0.25, 0.3) is 0 Å². The molecular formula is C20H23FN4O3. The first kappa shape index (κ1) is 18.6. The van der Waals surface area contributed by atoms with E-state index in [1.165, 1.54) is 10.7 Å². The summed E-state index contributed by atoms with van der Waals surface area (Å²) in [6, 6.07) is 8.19. The molecule has 2 aliphatic rings. The Morgan fingerprint density at radius 1 is 1.18 bits per heavy atom. The Bertz CT molecular complexity index is 861. The summed E-state index contributed by atoms with van der Waals surface area (Å²) in [6.45, 7) is 1.37. The molecule has 0 atom stereocenters. The predicted molar refractivity (Wildman–Crippen MR) is 100 cm³/mol. The van der Waals surface area contributed by atoms with Crippen molar-refractivity contribution in [3.05, 3.63) is 42.3 Å². The number of hydrogen-bond donors (Lipinski definition) is 1. The van der Waals surface area contributed by atoms with E-state index in [2.05, 4.69) is 10.4 Å². The van der Waals surface area contributed by atoms with E-state index >= 15 is 0 Å². The molecule has 1 saturated heterocycles. The van der Waals surface area contributed by atoms with Gasteiger partial charge in [0.05, 0.1) is 6.61 Å². The van der Waals surface area contributed by atoms with Gasteiger partial charge in [0.1, 0.15) is 18.1 Å². The fraction of sp³-hybridized carbons (Fsp3) is 0.450. The molecule has 2 fully saturated rings. The number of ether oxygens (including phenoxy) is 1. The van der Waals surface area contributed by atoms with Crippen LogP contribution < -0.4 is 5.32 Å². The van der Waals surface area contributed by atoms with Crippen molar-refractivity contribution in [3.8, 4) is 5.69 Å². The molecule has 0 unspecified atom stereocenters. The Balaban J connectivity index is 1.33. The summed E-state index contributed by atoms with van der Waals surface area (Å²) in [7, 11) is 0. The van der Waals surface area contributed by atoms with Gasteiger partial charge in [0.15, 0.2) is 5.82 Å². The fourth-order valence-corrected chi connectivity index (χ4v) is 3.96. The molecule has 1 aliphatic carbocycles. The van der Waals surface area contributed by atoms with Crippen molar-refractivity contribution in [2.75, 3.05) is 25.1 Å². The highest BCUT2D eigenvalue weighted by Crippen LogP contribution is 2.29. The summed E-state index contributed by atoms with van der Waals surface area (Å²) >= 11 is 0. The van der Waals surface area contributed by atoms with Crippen LogP contribution in [0.2, 0.25) is 0 Å². The monoisotopic (exact) mass is 386 g/mol. The van der Waals surface area contributed by atoms with Gasteiger partial charge in [-0.2, -0.15) is 0 Å². The number of nitrogens with zero attached hydrogens (tertiary/aromatic N) is 3. The van der Waals surface area contributed by atoms with Gasteiger partial charge >= 0.3 is 0 Å². The van der Waals surface area contributed by atoms with Crippen molar-refractivity contribution in [2.24, 2.45) is 5.92 Å². The molecule has 1 aliphatic heterocycles. The second-order valence-electron chi connectivity index (χ2n) is 7.23. The molecule has 148 valence electrons. The average Bonchev–Trinajstić information content (AvgIpc) is 3.17. The summed E-state index contributed by atoms with van der Waals surface area (Å²) < 4.78 is 20.5. The van der Waals surface area contributed by atoms with Crippen LogP contribution in [0.3, 0.4) is 0 Å². The Morgan fingerprint density at radius 2 is 1.96 bits per heavy atom. The Kier molecular flexibility index (Phi) is 5.38. The number of anilines is 1. The summed E-state index contributed by atoms with van der Waals surface area (Å²) in [4.78, 5) is 26.5. The minimum Gasteiger partial charge on any atom is -0.370 e. The second kappa shape index (κ2) is 8.10. The maximum absolute atomic E-state index is 13.9. The predicted octanol–water partition coefficient (Wildman–Crippen LogP) is 2.37. The number of carbonyl (C=O) groups excluding carboxylic acids is 2. The quantitative estimate of drug-likeness (QED) is 0.875. The van der Waals surface area contributed by atoms with Crippen molar-refractivity contribution in [1.82, 2.24) is 14.7 Å². The topological polar surface area (TPSA) is 76.5 Å². The van der Waals surface area contributed by atoms with Crippen molar-refractivity contribution >= 4 is 17.6 Å². The number of rotatable bonds is 4. The number of halogens is 1. The van der Waals surface area contributed by atoms with E-state index < -0.39 is 0 Å². The highest BCUT2D eigenvalue weighted by atomic mass is 19.1. The first-order chi connectivity index (χ1) is 13.6. The zero-order valence-corrected chi connectivity index (χ0v) is 15.5. The molecule has 8 heteroatoms. The highest BCUT2D eigenvalue weighted by Gasteiger charge is 2.32. The average molecular weight is 386 g/mol.